The van der Waals surface area contributed by atoms with Crippen molar-refractivity contribution in [2.75, 3.05) is 38.5 Å². The third-order valence-corrected chi connectivity index (χ3v) is 4.33. The molecule has 2 aliphatic rings. The molecule has 1 aliphatic carbocycles. The minimum Gasteiger partial charge on any atom is -0.337 e. The molecule has 0 atom stereocenters. The summed E-state index contributed by atoms with van der Waals surface area (Å²) in [4.78, 5) is 28.6. The van der Waals surface area contributed by atoms with Gasteiger partial charge in [0.05, 0.1) is 0 Å². The van der Waals surface area contributed by atoms with Crippen LogP contribution in [-0.4, -0.2) is 54.8 Å². The summed E-state index contributed by atoms with van der Waals surface area (Å²) in [6, 6.07) is 7.29. The van der Waals surface area contributed by atoms with Crippen LogP contribution in [0.3, 0.4) is 0 Å². The Labute approximate surface area is 131 Å². The number of anilines is 1. The summed E-state index contributed by atoms with van der Waals surface area (Å²) < 4.78 is 0. The summed E-state index contributed by atoms with van der Waals surface area (Å²) in [5.74, 6) is 0.291. The maximum atomic E-state index is 12.6. The van der Waals surface area contributed by atoms with Gasteiger partial charge in [-0.05, 0) is 51.1 Å². The van der Waals surface area contributed by atoms with Gasteiger partial charge in [-0.25, -0.2) is 0 Å². The largest absolute Gasteiger partial charge is 0.337 e. The van der Waals surface area contributed by atoms with Crippen molar-refractivity contribution in [3.8, 4) is 0 Å². The van der Waals surface area contributed by atoms with Crippen LogP contribution in [0.25, 0.3) is 0 Å². The van der Waals surface area contributed by atoms with Crippen molar-refractivity contribution in [2.24, 2.45) is 5.92 Å². The number of hydrogen-bond acceptors (Lipinski definition) is 3. The lowest BCUT2D eigenvalue weighted by molar-refractivity contribution is -0.117. The van der Waals surface area contributed by atoms with Crippen molar-refractivity contribution >= 4 is 17.5 Å². The first-order valence-electron chi connectivity index (χ1n) is 8.02. The van der Waals surface area contributed by atoms with E-state index < -0.39 is 0 Å². The lowest BCUT2D eigenvalue weighted by Crippen LogP contribution is -2.34. The quantitative estimate of drug-likeness (QED) is 0.926. The Morgan fingerprint density at radius 1 is 1.14 bits per heavy atom. The van der Waals surface area contributed by atoms with Gasteiger partial charge in [-0.3, -0.25) is 9.59 Å². The number of amides is 2. The molecule has 2 fully saturated rings. The molecule has 1 aromatic rings. The lowest BCUT2D eigenvalue weighted by atomic mass is 10.1. The van der Waals surface area contributed by atoms with E-state index in [4.69, 9.17) is 0 Å². The van der Waals surface area contributed by atoms with Gasteiger partial charge in [0.2, 0.25) is 5.91 Å². The fraction of sp³-hybridized carbons (Fsp3) is 0.529. The summed E-state index contributed by atoms with van der Waals surface area (Å²) in [5, 5.41) is 2.90. The van der Waals surface area contributed by atoms with Crippen LogP contribution in [-0.2, 0) is 4.79 Å². The van der Waals surface area contributed by atoms with Crippen LogP contribution in [0, 0.1) is 5.92 Å². The molecule has 1 aromatic carbocycles. The molecular formula is C17H23N3O2. The zero-order chi connectivity index (χ0) is 15.5. The first kappa shape index (κ1) is 15.0. The average molecular weight is 301 g/mol. The van der Waals surface area contributed by atoms with E-state index in [2.05, 4.69) is 17.3 Å². The molecular weight excluding hydrogens is 278 g/mol. The predicted molar refractivity (Wildman–Crippen MR) is 85.8 cm³/mol. The standard InChI is InChI=1S/C17H23N3O2/c1-19-8-3-9-20(11-10-19)17(22)14-4-2-5-15(12-14)18-16(21)13-6-7-13/h2,4-5,12-13H,3,6-11H2,1H3,(H,18,21). The van der Waals surface area contributed by atoms with E-state index in [0.717, 1.165) is 51.1 Å². The second-order valence-electron chi connectivity index (χ2n) is 6.29. The molecule has 1 saturated carbocycles. The average Bonchev–Trinajstić information content (AvgIpc) is 3.34. The molecule has 0 aromatic heterocycles. The van der Waals surface area contributed by atoms with E-state index in [-0.39, 0.29) is 17.7 Å². The first-order valence-corrected chi connectivity index (χ1v) is 8.02. The third kappa shape index (κ3) is 3.65. The van der Waals surface area contributed by atoms with E-state index in [1.807, 2.05) is 23.1 Å². The highest BCUT2D eigenvalue weighted by molar-refractivity contribution is 5.98. The topological polar surface area (TPSA) is 52.6 Å². The van der Waals surface area contributed by atoms with Crippen molar-refractivity contribution in [2.45, 2.75) is 19.3 Å². The van der Waals surface area contributed by atoms with Crippen LogP contribution in [0.5, 0.6) is 0 Å². The van der Waals surface area contributed by atoms with E-state index in [1.165, 1.54) is 0 Å². The summed E-state index contributed by atoms with van der Waals surface area (Å²) in [6.45, 7) is 3.49. The molecule has 1 aliphatic heterocycles. The van der Waals surface area contributed by atoms with E-state index in [0.29, 0.717) is 5.56 Å². The molecule has 5 nitrogen and oxygen atoms in total. The first-order chi connectivity index (χ1) is 10.6. The predicted octanol–water partition coefficient (Wildman–Crippen LogP) is 1.81. The van der Waals surface area contributed by atoms with Crippen molar-refractivity contribution in [1.82, 2.24) is 9.80 Å². The van der Waals surface area contributed by atoms with Crippen molar-refractivity contribution in [3.05, 3.63) is 29.8 Å². The monoisotopic (exact) mass is 301 g/mol. The van der Waals surface area contributed by atoms with Gasteiger partial charge in [0.25, 0.3) is 5.91 Å². The number of carbonyl (C=O) groups is 2. The van der Waals surface area contributed by atoms with Gasteiger partial charge in [0.15, 0.2) is 0 Å². The Morgan fingerprint density at radius 3 is 2.73 bits per heavy atom. The van der Waals surface area contributed by atoms with E-state index in [9.17, 15) is 9.59 Å². The molecule has 1 saturated heterocycles. The minimum absolute atomic E-state index is 0.0535. The maximum absolute atomic E-state index is 12.6. The highest BCUT2D eigenvalue weighted by Crippen LogP contribution is 2.30. The van der Waals surface area contributed by atoms with Gasteiger partial charge in [-0.2, -0.15) is 0 Å². The highest BCUT2D eigenvalue weighted by atomic mass is 16.2. The molecule has 2 amide bonds. The van der Waals surface area contributed by atoms with Crippen LogP contribution in [0.2, 0.25) is 0 Å². The van der Waals surface area contributed by atoms with Crippen molar-refractivity contribution in [3.63, 3.8) is 0 Å². The molecule has 0 radical (unpaired) electrons. The fourth-order valence-corrected chi connectivity index (χ4v) is 2.75. The lowest BCUT2D eigenvalue weighted by Gasteiger charge is -2.21. The number of rotatable bonds is 3. The molecule has 1 heterocycles. The van der Waals surface area contributed by atoms with Crippen molar-refractivity contribution < 1.29 is 9.59 Å². The molecule has 0 spiro atoms. The smallest absolute Gasteiger partial charge is 0.253 e. The minimum atomic E-state index is 0.0535. The zero-order valence-corrected chi connectivity index (χ0v) is 13.0. The SMILES string of the molecule is CN1CCCN(C(=O)c2cccc(NC(=O)C3CC3)c2)CC1. The number of nitrogens with zero attached hydrogens (tertiary/aromatic N) is 2. The Morgan fingerprint density at radius 2 is 1.95 bits per heavy atom. The number of benzene rings is 1. The fourth-order valence-electron chi connectivity index (χ4n) is 2.75. The van der Waals surface area contributed by atoms with Gasteiger partial charge in [-0.1, -0.05) is 6.07 Å². The van der Waals surface area contributed by atoms with E-state index >= 15 is 0 Å². The van der Waals surface area contributed by atoms with Gasteiger partial charge in [0.1, 0.15) is 0 Å². The molecule has 22 heavy (non-hydrogen) atoms. The summed E-state index contributed by atoms with van der Waals surface area (Å²) >= 11 is 0. The Bertz CT molecular complexity index is 569. The summed E-state index contributed by atoms with van der Waals surface area (Å²) in [5.41, 5.74) is 1.37. The van der Waals surface area contributed by atoms with E-state index in [1.54, 1.807) is 6.07 Å². The second-order valence-corrected chi connectivity index (χ2v) is 6.29. The van der Waals surface area contributed by atoms with Gasteiger partial charge in [-0.15, -0.1) is 0 Å². The summed E-state index contributed by atoms with van der Waals surface area (Å²) in [6.07, 6.45) is 2.96. The zero-order valence-electron chi connectivity index (χ0n) is 13.0. The molecule has 0 bridgehead atoms. The molecule has 1 N–H and O–H groups in total. The number of nitrogens with one attached hydrogen (secondary N) is 1. The second kappa shape index (κ2) is 6.48. The molecule has 118 valence electrons. The normalized spacial score (nSPS) is 19.6. The van der Waals surface area contributed by atoms with Crippen LogP contribution in [0.1, 0.15) is 29.6 Å². The maximum Gasteiger partial charge on any atom is 0.253 e. The molecule has 0 unspecified atom stereocenters. The van der Waals surface area contributed by atoms with Gasteiger partial charge >= 0.3 is 0 Å². The molecule has 3 rings (SSSR count). The van der Waals surface area contributed by atoms with Gasteiger partial charge < -0.3 is 15.1 Å². The Hall–Kier alpha value is -1.88. The number of carbonyl (C=O) groups excluding carboxylic acids is 2. The van der Waals surface area contributed by atoms with Crippen LogP contribution < -0.4 is 5.32 Å². The third-order valence-electron chi connectivity index (χ3n) is 4.33. The number of likely N-dealkylation sites (N-methyl/N-ethyl adjacent to an activating group) is 1. The molecule has 5 heteroatoms. The van der Waals surface area contributed by atoms with Crippen LogP contribution in [0.15, 0.2) is 24.3 Å². The Balaban J connectivity index is 1.67. The van der Waals surface area contributed by atoms with Crippen molar-refractivity contribution in [1.29, 1.82) is 0 Å². The highest BCUT2D eigenvalue weighted by Gasteiger charge is 2.29. The Kier molecular flexibility index (Phi) is 4.43. The number of hydrogen-bond donors (Lipinski definition) is 1. The summed E-state index contributed by atoms with van der Waals surface area (Å²) in [7, 11) is 2.09. The van der Waals surface area contributed by atoms with Crippen LogP contribution >= 0.6 is 0 Å². The van der Waals surface area contributed by atoms with Crippen LogP contribution in [0.4, 0.5) is 5.69 Å². The van der Waals surface area contributed by atoms with Gasteiger partial charge in [0, 0.05) is 36.8 Å².